The van der Waals surface area contributed by atoms with Crippen molar-refractivity contribution < 1.29 is 9.18 Å². The van der Waals surface area contributed by atoms with E-state index in [1.54, 1.807) is 18.2 Å². The van der Waals surface area contributed by atoms with E-state index in [2.05, 4.69) is 15.5 Å². The summed E-state index contributed by atoms with van der Waals surface area (Å²) in [5.41, 5.74) is 1.86. The third-order valence-electron chi connectivity index (χ3n) is 3.64. The van der Waals surface area contributed by atoms with Gasteiger partial charge in [-0.2, -0.15) is 10.4 Å². The number of hydrogen-bond donors (Lipinski definition) is 2. The van der Waals surface area contributed by atoms with Crippen molar-refractivity contribution in [1.82, 2.24) is 10.2 Å². The van der Waals surface area contributed by atoms with Crippen LogP contribution in [0.3, 0.4) is 0 Å². The number of halogens is 3. The van der Waals surface area contributed by atoms with Crippen LogP contribution in [-0.4, -0.2) is 16.1 Å². The second-order valence-corrected chi connectivity index (χ2v) is 6.30. The molecule has 0 radical (unpaired) electrons. The molecule has 1 heterocycles. The number of benzene rings is 2. The topological polar surface area (TPSA) is 81.6 Å². The van der Waals surface area contributed by atoms with E-state index < -0.39 is 5.91 Å². The number of H-pyrrole nitrogens is 1. The van der Waals surface area contributed by atoms with E-state index in [1.165, 1.54) is 36.5 Å². The van der Waals surface area contributed by atoms with Crippen LogP contribution in [0.2, 0.25) is 10.0 Å². The first-order chi connectivity index (χ1) is 13.0. The normalized spacial score (nSPS) is 11.1. The minimum atomic E-state index is -0.645. The number of nitrogens with one attached hydrogen (secondary N) is 2. The number of anilines is 1. The molecule has 0 saturated heterocycles. The fourth-order valence-corrected chi connectivity index (χ4v) is 2.68. The Kier molecular flexibility index (Phi) is 5.55. The van der Waals surface area contributed by atoms with Crippen LogP contribution in [0.15, 0.2) is 54.2 Å². The van der Waals surface area contributed by atoms with Gasteiger partial charge in [-0.3, -0.25) is 9.89 Å². The van der Waals surface area contributed by atoms with Crippen molar-refractivity contribution in [3.63, 3.8) is 0 Å². The Balaban J connectivity index is 1.90. The second kappa shape index (κ2) is 8.04. The van der Waals surface area contributed by atoms with Crippen LogP contribution in [0, 0.1) is 17.1 Å². The van der Waals surface area contributed by atoms with Gasteiger partial charge in [-0.25, -0.2) is 4.39 Å². The van der Waals surface area contributed by atoms with Gasteiger partial charge >= 0.3 is 0 Å². The molecular weight excluding hydrogens is 390 g/mol. The van der Waals surface area contributed by atoms with Crippen molar-refractivity contribution in [2.45, 2.75) is 0 Å². The van der Waals surface area contributed by atoms with Crippen LogP contribution in [-0.2, 0) is 4.79 Å². The zero-order valence-corrected chi connectivity index (χ0v) is 15.1. The van der Waals surface area contributed by atoms with Crippen molar-refractivity contribution in [2.24, 2.45) is 0 Å². The Labute approximate surface area is 164 Å². The first-order valence-corrected chi connectivity index (χ1v) is 8.41. The molecule has 134 valence electrons. The van der Waals surface area contributed by atoms with Gasteiger partial charge in [0.1, 0.15) is 17.5 Å². The first-order valence-electron chi connectivity index (χ1n) is 7.65. The molecule has 8 heteroatoms. The summed E-state index contributed by atoms with van der Waals surface area (Å²) in [6.45, 7) is 0. The average Bonchev–Trinajstić information content (AvgIpc) is 3.11. The Bertz CT molecular complexity index is 1070. The molecule has 3 rings (SSSR count). The number of aromatic amines is 1. The highest BCUT2D eigenvalue weighted by Crippen LogP contribution is 2.27. The number of nitrogens with zero attached hydrogens (tertiary/aromatic N) is 2. The van der Waals surface area contributed by atoms with Gasteiger partial charge in [0.15, 0.2) is 0 Å². The zero-order valence-electron chi connectivity index (χ0n) is 13.6. The van der Waals surface area contributed by atoms with Crippen LogP contribution in [0.4, 0.5) is 10.1 Å². The molecule has 3 aromatic rings. The number of aromatic nitrogens is 2. The summed E-state index contributed by atoms with van der Waals surface area (Å²) in [6.07, 6.45) is 2.85. The molecule has 0 atom stereocenters. The summed E-state index contributed by atoms with van der Waals surface area (Å²) in [7, 11) is 0. The Morgan fingerprint density at radius 3 is 2.67 bits per heavy atom. The van der Waals surface area contributed by atoms with E-state index in [4.69, 9.17) is 23.2 Å². The highest BCUT2D eigenvalue weighted by molar-refractivity contribution is 6.36. The molecule has 1 aromatic heterocycles. The predicted octanol–water partition coefficient (Wildman–Crippen LogP) is 5.07. The second-order valence-electron chi connectivity index (χ2n) is 5.46. The Morgan fingerprint density at radius 2 is 1.96 bits per heavy atom. The van der Waals surface area contributed by atoms with E-state index in [0.717, 1.165) is 0 Å². The van der Waals surface area contributed by atoms with E-state index in [0.29, 0.717) is 32.6 Å². The lowest BCUT2D eigenvalue weighted by atomic mass is 10.1. The van der Waals surface area contributed by atoms with Crippen molar-refractivity contribution in [3.8, 4) is 17.3 Å². The summed E-state index contributed by atoms with van der Waals surface area (Å²) in [4.78, 5) is 12.4. The molecule has 0 bridgehead atoms. The summed E-state index contributed by atoms with van der Waals surface area (Å²) in [5.74, 6) is -1.02. The first kappa shape index (κ1) is 18.6. The molecule has 0 saturated carbocycles. The molecule has 2 aromatic carbocycles. The van der Waals surface area contributed by atoms with Crippen molar-refractivity contribution in [2.75, 3.05) is 5.32 Å². The van der Waals surface area contributed by atoms with Crippen molar-refractivity contribution in [3.05, 3.63) is 75.7 Å². The molecule has 0 aliphatic rings. The fraction of sp³-hybridized carbons (Fsp3) is 0. The van der Waals surface area contributed by atoms with Gasteiger partial charge in [0.2, 0.25) is 0 Å². The molecule has 0 fully saturated rings. The van der Waals surface area contributed by atoms with Crippen LogP contribution in [0.1, 0.15) is 5.56 Å². The summed E-state index contributed by atoms with van der Waals surface area (Å²) in [6, 6.07) is 12.2. The van der Waals surface area contributed by atoms with Crippen LogP contribution < -0.4 is 5.32 Å². The molecule has 5 nitrogen and oxygen atoms in total. The van der Waals surface area contributed by atoms with E-state index >= 15 is 0 Å². The quantitative estimate of drug-likeness (QED) is 0.473. The predicted molar refractivity (Wildman–Crippen MR) is 103 cm³/mol. The lowest BCUT2D eigenvalue weighted by molar-refractivity contribution is -0.112. The lowest BCUT2D eigenvalue weighted by Gasteiger charge is -2.07. The van der Waals surface area contributed by atoms with Gasteiger partial charge in [-0.1, -0.05) is 23.2 Å². The largest absolute Gasteiger partial charge is 0.320 e. The molecule has 2 N–H and O–H groups in total. The standard InChI is InChI=1S/C19H11Cl2FN4O/c20-14-3-6-16(21)17(8-14)25-19(27)12(9-23)7-13-10-24-26-18(13)11-1-4-15(22)5-2-11/h1-8,10H,(H,24,26)(H,25,27). The van der Waals surface area contributed by atoms with Gasteiger partial charge in [0.25, 0.3) is 5.91 Å². The minimum Gasteiger partial charge on any atom is -0.320 e. The zero-order chi connectivity index (χ0) is 19.4. The molecule has 0 unspecified atom stereocenters. The Hall–Kier alpha value is -3.14. The number of carbonyl (C=O) groups excluding carboxylic acids is 1. The maximum absolute atomic E-state index is 13.1. The van der Waals surface area contributed by atoms with E-state index in [1.807, 2.05) is 6.07 Å². The minimum absolute atomic E-state index is 0.157. The van der Waals surface area contributed by atoms with Crippen LogP contribution in [0.25, 0.3) is 17.3 Å². The SMILES string of the molecule is N#CC(=Cc1cn[nH]c1-c1ccc(F)cc1)C(=O)Nc1cc(Cl)ccc1Cl. The molecule has 0 spiro atoms. The highest BCUT2D eigenvalue weighted by Gasteiger charge is 2.14. The van der Waals surface area contributed by atoms with E-state index in [-0.39, 0.29) is 11.4 Å². The van der Waals surface area contributed by atoms with Crippen LogP contribution >= 0.6 is 23.2 Å². The number of carbonyl (C=O) groups is 1. The third kappa shape index (κ3) is 4.34. The molecular formula is C19H11Cl2FN4O. The summed E-state index contributed by atoms with van der Waals surface area (Å²) in [5, 5.41) is 19.3. The fourth-order valence-electron chi connectivity index (χ4n) is 2.34. The smallest absolute Gasteiger partial charge is 0.266 e. The molecule has 0 aliphatic carbocycles. The van der Waals surface area contributed by atoms with E-state index in [9.17, 15) is 14.4 Å². The highest BCUT2D eigenvalue weighted by atomic mass is 35.5. The van der Waals surface area contributed by atoms with Crippen molar-refractivity contribution in [1.29, 1.82) is 5.26 Å². The number of hydrogen-bond acceptors (Lipinski definition) is 3. The third-order valence-corrected chi connectivity index (χ3v) is 4.21. The van der Waals surface area contributed by atoms with Gasteiger partial charge in [0.05, 0.1) is 22.6 Å². The summed E-state index contributed by atoms with van der Waals surface area (Å²) >= 11 is 11.9. The average molecular weight is 401 g/mol. The monoisotopic (exact) mass is 400 g/mol. The van der Waals surface area contributed by atoms with Gasteiger partial charge in [-0.05, 0) is 48.5 Å². The maximum atomic E-state index is 13.1. The van der Waals surface area contributed by atoms with Gasteiger partial charge in [-0.15, -0.1) is 0 Å². The lowest BCUT2D eigenvalue weighted by Crippen LogP contribution is -2.13. The summed E-state index contributed by atoms with van der Waals surface area (Å²) < 4.78 is 13.1. The Morgan fingerprint density at radius 1 is 1.22 bits per heavy atom. The molecule has 0 aliphatic heterocycles. The molecule has 27 heavy (non-hydrogen) atoms. The molecule has 1 amide bonds. The van der Waals surface area contributed by atoms with Crippen molar-refractivity contribution >= 4 is 40.9 Å². The number of nitriles is 1. The van der Waals surface area contributed by atoms with Gasteiger partial charge in [0, 0.05) is 16.1 Å². The van der Waals surface area contributed by atoms with Gasteiger partial charge < -0.3 is 5.32 Å². The van der Waals surface area contributed by atoms with Crippen LogP contribution in [0.5, 0.6) is 0 Å². The maximum Gasteiger partial charge on any atom is 0.266 e. The number of rotatable bonds is 4. The number of amides is 1.